The lowest BCUT2D eigenvalue weighted by atomic mass is 9.97. The average Bonchev–Trinajstić information content (AvgIpc) is 2.45. The monoisotopic (exact) mass is 182 g/mol. The first-order valence-corrected chi connectivity index (χ1v) is 4.65. The van der Waals surface area contributed by atoms with Gasteiger partial charge >= 0.3 is 0 Å². The summed E-state index contributed by atoms with van der Waals surface area (Å²) in [6, 6.07) is 0. The lowest BCUT2D eigenvalue weighted by molar-refractivity contribution is 0.496. The highest BCUT2D eigenvalue weighted by Crippen LogP contribution is 2.22. The largest absolute Gasteiger partial charge is 0.357 e. The van der Waals surface area contributed by atoms with Crippen LogP contribution >= 0.6 is 0 Å². The lowest BCUT2D eigenvalue weighted by Gasteiger charge is -2.14. The zero-order valence-electron chi connectivity index (χ0n) is 9.00. The summed E-state index contributed by atoms with van der Waals surface area (Å²) in [6.45, 7) is 6.56. The second-order valence-corrected chi connectivity index (χ2v) is 3.72. The third-order valence-electron chi connectivity index (χ3n) is 2.54. The minimum absolute atomic E-state index is 0.444. The van der Waals surface area contributed by atoms with Crippen molar-refractivity contribution in [1.29, 1.82) is 0 Å². The van der Waals surface area contributed by atoms with Crippen LogP contribution < -0.4 is 5.32 Å². The number of aromatic nitrogens is 3. The number of nitrogens with one attached hydrogen (secondary N) is 1. The van der Waals surface area contributed by atoms with Gasteiger partial charge in [0.25, 0.3) is 0 Å². The van der Waals surface area contributed by atoms with E-state index >= 15 is 0 Å². The molecule has 4 heteroatoms. The van der Waals surface area contributed by atoms with E-state index in [0.29, 0.717) is 11.8 Å². The van der Waals surface area contributed by atoms with Crippen molar-refractivity contribution in [2.75, 3.05) is 12.4 Å². The molecular formula is C9H18N4. The summed E-state index contributed by atoms with van der Waals surface area (Å²) in [4.78, 5) is 0. The van der Waals surface area contributed by atoms with Gasteiger partial charge in [0.2, 0.25) is 5.95 Å². The Morgan fingerprint density at radius 1 is 1.23 bits per heavy atom. The van der Waals surface area contributed by atoms with E-state index in [-0.39, 0.29) is 0 Å². The first-order chi connectivity index (χ1) is 6.07. The van der Waals surface area contributed by atoms with Crippen molar-refractivity contribution < 1.29 is 0 Å². The van der Waals surface area contributed by atoms with Gasteiger partial charge in [-0.1, -0.05) is 20.8 Å². The third kappa shape index (κ3) is 1.82. The molecule has 1 aromatic heterocycles. The SMILES string of the molecule is CNc1nnc(C(C)C(C)C)n1C. The van der Waals surface area contributed by atoms with Crippen LogP contribution in [-0.4, -0.2) is 21.8 Å². The first-order valence-electron chi connectivity index (χ1n) is 4.65. The molecule has 0 saturated carbocycles. The van der Waals surface area contributed by atoms with Gasteiger partial charge < -0.3 is 9.88 Å². The standard InChI is InChI=1S/C9H18N4/c1-6(2)7(3)8-11-12-9(10-4)13(8)5/h6-7H,1-5H3,(H,10,12). The minimum atomic E-state index is 0.444. The molecule has 0 radical (unpaired) electrons. The van der Waals surface area contributed by atoms with Crippen LogP contribution in [0.2, 0.25) is 0 Å². The van der Waals surface area contributed by atoms with E-state index in [1.165, 1.54) is 0 Å². The molecule has 0 aromatic carbocycles. The van der Waals surface area contributed by atoms with Crippen LogP contribution in [0.5, 0.6) is 0 Å². The molecule has 1 unspecified atom stereocenters. The fourth-order valence-corrected chi connectivity index (χ4v) is 1.25. The molecule has 13 heavy (non-hydrogen) atoms. The van der Waals surface area contributed by atoms with Crippen LogP contribution in [0.4, 0.5) is 5.95 Å². The van der Waals surface area contributed by atoms with Gasteiger partial charge in [-0.3, -0.25) is 0 Å². The molecule has 1 aromatic rings. The zero-order valence-corrected chi connectivity index (χ0v) is 9.00. The van der Waals surface area contributed by atoms with E-state index in [1.54, 1.807) is 0 Å². The van der Waals surface area contributed by atoms with Gasteiger partial charge in [-0.15, -0.1) is 10.2 Å². The Kier molecular flexibility index (Phi) is 2.90. The predicted molar refractivity (Wildman–Crippen MR) is 53.8 cm³/mol. The maximum absolute atomic E-state index is 4.16. The maximum Gasteiger partial charge on any atom is 0.224 e. The normalized spacial score (nSPS) is 13.4. The van der Waals surface area contributed by atoms with E-state index in [0.717, 1.165) is 11.8 Å². The van der Waals surface area contributed by atoms with Crippen molar-refractivity contribution >= 4 is 5.95 Å². The van der Waals surface area contributed by atoms with Gasteiger partial charge in [-0.2, -0.15) is 0 Å². The summed E-state index contributed by atoms with van der Waals surface area (Å²) in [5, 5.41) is 11.2. The predicted octanol–water partition coefficient (Wildman–Crippen LogP) is 1.62. The number of rotatable bonds is 3. The van der Waals surface area contributed by atoms with Gasteiger partial charge in [-0.05, 0) is 5.92 Å². The van der Waals surface area contributed by atoms with Crippen LogP contribution in [0, 0.1) is 5.92 Å². The van der Waals surface area contributed by atoms with Crippen molar-refractivity contribution in [2.24, 2.45) is 13.0 Å². The van der Waals surface area contributed by atoms with Crippen LogP contribution in [0.25, 0.3) is 0 Å². The van der Waals surface area contributed by atoms with E-state index in [9.17, 15) is 0 Å². The van der Waals surface area contributed by atoms with Gasteiger partial charge in [0.15, 0.2) is 0 Å². The highest BCUT2D eigenvalue weighted by molar-refractivity contribution is 5.24. The van der Waals surface area contributed by atoms with E-state index in [2.05, 4.69) is 36.3 Å². The van der Waals surface area contributed by atoms with E-state index in [1.807, 2.05) is 18.7 Å². The average molecular weight is 182 g/mol. The van der Waals surface area contributed by atoms with Gasteiger partial charge in [0.05, 0.1) is 0 Å². The zero-order chi connectivity index (χ0) is 10.0. The Morgan fingerprint density at radius 3 is 2.23 bits per heavy atom. The molecule has 1 N–H and O–H groups in total. The summed E-state index contributed by atoms with van der Waals surface area (Å²) in [5.41, 5.74) is 0. The molecule has 74 valence electrons. The van der Waals surface area contributed by atoms with Crippen molar-refractivity contribution in [3.05, 3.63) is 5.82 Å². The number of anilines is 1. The highest BCUT2D eigenvalue weighted by Gasteiger charge is 2.17. The maximum atomic E-state index is 4.16. The second kappa shape index (κ2) is 3.77. The molecule has 0 aliphatic rings. The first kappa shape index (κ1) is 10.0. The molecule has 1 rings (SSSR count). The Hall–Kier alpha value is -1.06. The molecule has 0 aliphatic heterocycles. The summed E-state index contributed by atoms with van der Waals surface area (Å²) in [6.07, 6.45) is 0. The molecule has 0 fully saturated rings. The number of hydrogen-bond donors (Lipinski definition) is 1. The smallest absolute Gasteiger partial charge is 0.224 e. The van der Waals surface area contributed by atoms with Crippen molar-refractivity contribution in [2.45, 2.75) is 26.7 Å². The Balaban J connectivity index is 2.95. The molecule has 1 heterocycles. The molecule has 0 spiro atoms. The molecule has 0 saturated heterocycles. The quantitative estimate of drug-likeness (QED) is 0.772. The summed E-state index contributed by atoms with van der Waals surface area (Å²) in [5.74, 6) is 2.90. The Morgan fingerprint density at radius 2 is 1.85 bits per heavy atom. The van der Waals surface area contributed by atoms with E-state index < -0.39 is 0 Å². The molecule has 1 atom stereocenters. The number of hydrogen-bond acceptors (Lipinski definition) is 3. The second-order valence-electron chi connectivity index (χ2n) is 3.72. The van der Waals surface area contributed by atoms with Crippen molar-refractivity contribution in [1.82, 2.24) is 14.8 Å². The van der Waals surface area contributed by atoms with Gasteiger partial charge in [0.1, 0.15) is 5.82 Å². The Labute approximate surface area is 79.4 Å². The van der Waals surface area contributed by atoms with E-state index in [4.69, 9.17) is 0 Å². The highest BCUT2D eigenvalue weighted by atomic mass is 15.3. The van der Waals surface area contributed by atoms with Gasteiger partial charge in [-0.25, -0.2) is 0 Å². The lowest BCUT2D eigenvalue weighted by Crippen LogP contribution is -2.09. The molecule has 0 aliphatic carbocycles. The number of nitrogens with zero attached hydrogens (tertiary/aromatic N) is 3. The molecular weight excluding hydrogens is 164 g/mol. The fourth-order valence-electron chi connectivity index (χ4n) is 1.25. The van der Waals surface area contributed by atoms with Crippen molar-refractivity contribution in [3.8, 4) is 0 Å². The van der Waals surface area contributed by atoms with Crippen LogP contribution in [0.1, 0.15) is 32.5 Å². The van der Waals surface area contributed by atoms with Crippen molar-refractivity contribution in [3.63, 3.8) is 0 Å². The van der Waals surface area contributed by atoms with Crippen LogP contribution in [0.15, 0.2) is 0 Å². The minimum Gasteiger partial charge on any atom is -0.357 e. The summed E-state index contributed by atoms with van der Waals surface area (Å²) < 4.78 is 2.00. The van der Waals surface area contributed by atoms with Crippen LogP contribution in [0.3, 0.4) is 0 Å². The topological polar surface area (TPSA) is 42.7 Å². The molecule has 0 bridgehead atoms. The fraction of sp³-hybridized carbons (Fsp3) is 0.778. The molecule has 0 amide bonds. The molecule has 4 nitrogen and oxygen atoms in total. The summed E-state index contributed by atoms with van der Waals surface area (Å²) in [7, 11) is 3.84. The Bertz CT molecular complexity index is 277. The summed E-state index contributed by atoms with van der Waals surface area (Å²) >= 11 is 0. The van der Waals surface area contributed by atoms with Crippen LogP contribution in [-0.2, 0) is 7.05 Å². The van der Waals surface area contributed by atoms with Gasteiger partial charge in [0, 0.05) is 20.0 Å². The third-order valence-corrected chi connectivity index (χ3v) is 2.54.